The Morgan fingerprint density at radius 3 is 2.35 bits per heavy atom. The predicted octanol–water partition coefficient (Wildman–Crippen LogP) is 3.56. The van der Waals surface area contributed by atoms with E-state index in [9.17, 15) is 0 Å². The van der Waals surface area contributed by atoms with Gasteiger partial charge in [0.15, 0.2) is 6.10 Å². The van der Waals surface area contributed by atoms with Crippen molar-refractivity contribution in [1.29, 1.82) is 0 Å². The average Bonchev–Trinajstić information content (AvgIpc) is 2.78. The monoisotopic (exact) mass is 233 g/mol. The number of benzene rings is 1. The van der Waals surface area contributed by atoms with Gasteiger partial charge < -0.3 is 9.57 Å². The van der Waals surface area contributed by atoms with Gasteiger partial charge in [-0.1, -0.05) is 38.1 Å². The highest BCUT2D eigenvalue weighted by molar-refractivity contribution is 5.90. The van der Waals surface area contributed by atoms with Crippen LogP contribution in [-0.4, -0.2) is 12.8 Å². The summed E-state index contributed by atoms with van der Waals surface area (Å²) in [6, 6.07) is 7.97. The maximum Gasteiger partial charge on any atom is 0.157 e. The molecule has 1 aromatic rings. The van der Waals surface area contributed by atoms with Gasteiger partial charge in [-0.2, -0.15) is 0 Å². The molecule has 3 nitrogen and oxygen atoms in total. The van der Waals surface area contributed by atoms with Crippen LogP contribution in [0.4, 0.5) is 0 Å². The summed E-state index contributed by atoms with van der Waals surface area (Å²) in [6.07, 6.45) is 0.922. The molecule has 0 radical (unpaired) electrons. The van der Waals surface area contributed by atoms with Crippen LogP contribution >= 0.6 is 0 Å². The van der Waals surface area contributed by atoms with Gasteiger partial charge in [0.2, 0.25) is 0 Å². The highest BCUT2D eigenvalue weighted by Gasteiger charge is 2.30. The molecule has 92 valence electrons. The van der Waals surface area contributed by atoms with E-state index in [0.717, 1.165) is 23.4 Å². The molecule has 0 saturated carbocycles. The lowest BCUT2D eigenvalue weighted by molar-refractivity contribution is 0.0856. The van der Waals surface area contributed by atoms with Crippen LogP contribution in [-0.2, 0) is 4.84 Å². The van der Waals surface area contributed by atoms with E-state index in [1.54, 1.807) is 7.11 Å². The van der Waals surface area contributed by atoms with Gasteiger partial charge >= 0.3 is 0 Å². The van der Waals surface area contributed by atoms with E-state index in [4.69, 9.17) is 9.57 Å². The van der Waals surface area contributed by atoms with Gasteiger partial charge in [-0.3, -0.25) is 0 Å². The lowest BCUT2D eigenvalue weighted by Gasteiger charge is -2.16. The van der Waals surface area contributed by atoms with Crippen molar-refractivity contribution in [3.63, 3.8) is 0 Å². The topological polar surface area (TPSA) is 30.8 Å². The van der Waals surface area contributed by atoms with Crippen molar-refractivity contribution < 1.29 is 9.57 Å². The summed E-state index contributed by atoms with van der Waals surface area (Å²) in [6.45, 7) is 6.47. The van der Waals surface area contributed by atoms with E-state index < -0.39 is 0 Å². The Bertz CT molecular complexity index is 415. The Kier molecular flexibility index (Phi) is 3.09. The summed E-state index contributed by atoms with van der Waals surface area (Å²) in [5, 5.41) is 4.19. The Morgan fingerprint density at radius 2 is 1.88 bits per heavy atom. The molecule has 0 saturated heterocycles. The smallest absolute Gasteiger partial charge is 0.157 e. The summed E-state index contributed by atoms with van der Waals surface area (Å²) in [5.74, 6) is 0.865. The second kappa shape index (κ2) is 4.40. The minimum atomic E-state index is 0.0510. The standard InChI is InChI=1S/C14H19NO2/c1-14(2,3)13-9-12(17-15-13)10-5-7-11(16-4)8-6-10/h5-8,12H,9H2,1-4H3. The van der Waals surface area contributed by atoms with Crippen molar-refractivity contribution in [2.24, 2.45) is 10.6 Å². The molecular formula is C14H19NO2. The maximum atomic E-state index is 5.50. The van der Waals surface area contributed by atoms with Crippen molar-refractivity contribution in [3.05, 3.63) is 29.8 Å². The van der Waals surface area contributed by atoms with Crippen LogP contribution in [0.2, 0.25) is 0 Å². The third-order valence-electron chi connectivity index (χ3n) is 3.02. The molecule has 1 unspecified atom stereocenters. The second-order valence-corrected chi connectivity index (χ2v) is 5.36. The minimum Gasteiger partial charge on any atom is -0.497 e. The molecule has 1 aromatic carbocycles. The van der Waals surface area contributed by atoms with E-state index in [2.05, 4.69) is 25.9 Å². The minimum absolute atomic E-state index is 0.0510. The predicted molar refractivity (Wildman–Crippen MR) is 68.3 cm³/mol. The molecule has 0 spiro atoms. The molecule has 17 heavy (non-hydrogen) atoms. The first-order valence-corrected chi connectivity index (χ1v) is 5.88. The Labute approximate surface area is 102 Å². The molecule has 0 aliphatic carbocycles. The van der Waals surface area contributed by atoms with Crippen molar-refractivity contribution in [2.75, 3.05) is 7.11 Å². The van der Waals surface area contributed by atoms with Crippen molar-refractivity contribution in [3.8, 4) is 5.75 Å². The molecule has 0 N–H and O–H groups in total. The SMILES string of the molecule is COc1ccc(C2CC(C(C)(C)C)=NO2)cc1. The van der Waals surface area contributed by atoms with Gasteiger partial charge in [0.1, 0.15) is 5.75 Å². The highest BCUT2D eigenvalue weighted by atomic mass is 16.6. The first-order chi connectivity index (χ1) is 8.00. The number of nitrogens with zero attached hydrogens (tertiary/aromatic N) is 1. The van der Waals surface area contributed by atoms with Gasteiger partial charge in [0, 0.05) is 11.8 Å². The summed E-state index contributed by atoms with van der Waals surface area (Å²) in [7, 11) is 1.67. The second-order valence-electron chi connectivity index (χ2n) is 5.36. The first-order valence-electron chi connectivity index (χ1n) is 5.88. The number of hydrogen-bond donors (Lipinski definition) is 0. The van der Waals surface area contributed by atoms with E-state index in [1.807, 2.05) is 24.3 Å². The number of oxime groups is 1. The van der Waals surface area contributed by atoms with Crippen LogP contribution in [0.25, 0.3) is 0 Å². The Balaban J connectivity index is 2.07. The molecule has 3 heteroatoms. The van der Waals surface area contributed by atoms with Crippen molar-refractivity contribution >= 4 is 5.71 Å². The molecule has 0 bridgehead atoms. The lowest BCUT2D eigenvalue weighted by atomic mass is 9.86. The molecule has 2 rings (SSSR count). The Hall–Kier alpha value is -1.51. The van der Waals surface area contributed by atoms with Gasteiger partial charge in [-0.15, -0.1) is 0 Å². The number of rotatable bonds is 2. The van der Waals surface area contributed by atoms with Crippen LogP contribution in [0.3, 0.4) is 0 Å². The molecule has 1 atom stereocenters. The fourth-order valence-electron chi connectivity index (χ4n) is 1.82. The fraction of sp³-hybridized carbons (Fsp3) is 0.500. The Morgan fingerprint density at radius 1 is 1.24 bits per heavy atom. The zero-order chi connectivity index (χ0) is 12.5. The van der Waals surface area contributed by atoms with E-state index in [-0.39, 0.29) is 11.5 Å². The highest BCUT2D eigenvalue weighted by Crippen LogP contribution is 2.34. The van der Waals surface area contributed by atoms with Crippen molar-refractivity contribution in [2.45, 2.75) is 33.3 Å². The van der Waals surface area contributed by atoms with Crippen LogP contribution in [0.1, 0.15) is 38.9 Å². The fourth-order valence-corrected chi connectivity index (χ4v) is 1.82. The van der Waals surface area contributed by atoms with E-state index >= 15 is 0 Å². The first kappa shape index (κ1) is 12.0. The molecular weight excluding hydrogens is 214 g/mol. The van der Waals surface area contributed by atoms with E-state index in [0.29, 0.717) is 0 Å². The average molecular weight is 233 g/mol. The molecule has 1 aliphatic heterocycles. The molecule has 1 aliphatic rings. The zero-order valence-electron chi connectivity index (χ0n) is 10.9. The molecule has 0 amide bonds. The molecule has 0 aromatic heterocycles. The van der Waals surface area contributed by atoms with Crippen LogP contribution in [0, 0.1) is 5.41 Å². The number of hydrogen-bond acceptors (Lipinski definition) is 3. The number of ether oxygens (including phenoxy) is 1. The van der Waals surface area contributed by atoms with Gasteiger partial charge in [-0.05, 0) is 17.7 Å². The van der Waals surface area contributed by atoms with Gasteiger partial charge in [0.05, 0.1) is 12.8 Å². The normalized spacial score (nSPS) is 19.8. The number of methoxy groups -OCH3 is 1. The third-order valence-corrected chi connectivity index (χ3v) is 3.02. The molecule has 1 heterocycles. The summed E-state index contributed by atoms with van der Waals surface area (Å²) in [5.41, 5.74) is 2.36. The molecule has 0 fully saturated rings. The summed E-state index contributed by atoms with van der Waals surface area (Å²) in [4.78, 5) is 5.50. The summed E-state index contributed by atoms with van der Waals surface area (Å²) >= 11 is 0. The van der Waals surface area contributed by atoms with Crippen molar-refractivity contribution in [1.82, 2.24) is 0 Å². The third kappa shape index (κ3) is 2.60. The van der Waals surface area contributed by atoms with Gasteiger partial charge in [-0.25, -0.2) is 0 Å². The van der Waals surface area contributed by atoms with Crippen LogP contribution < -0.4 is 4.74 Å². The van der Waals surface area contributed by atoms with Crippen LogP contribution in [0.15, 0.2) is 29.4 Å². The van der Waals surface area contributed by atoms with E-state index in [1.165, 1.54) is 0 Å². The maximum absolute atomic E-state index is 5.50. The largest absolute Gasteiger partial charge is 0.497 e. The quantitative estimate of drug-likeness (QED) is 0.782. The lowest BCUT2D eigenvalue weighted by Crippen LogP contribution is -2.18. The zero-order valence-corrected chi connectivity index (χ0v) is 10.9. The van der Waals surface area contributed by atoms with Gasteiger partial charge in [0.25, 0.3) is 0 Å². The summed E-state index contributed by atoms with van der Waals surface area (Å²) < 4.78 is 5.14. The van der Waals surface area contributed by atoms with Crippen LogP contribution in [0.5, 0.6) is 5.75 Å².